The third-order valence-electron chi connectivity index (χ3n) is 7.18. The van der Waals surface area contributed by atoms with E-state index in [2.05, 4.69) is 21.5 Å². The summed E-state index contributed by atoms with van der Waals surface area (Å²) < 4.78 is 49.2. The van der Waals surface area contributed by atoms with Gasteiger partial charge in [-0.1, -0.05) is 12.1 Å². The Hall–Kier alpha value is -3.89. The molecule has 13 heteroatoms. The van der Waals surface area contributed by atoms with Gasteiger partial charge in [0.1, 0.15) is 10.8 Å². The molecule has 1 aliphatic rings. The molecule has 4 rings (SSSR count). The Kier molecular flexibility index (Phi) is 6.75. The lowest BCUT2D eigenvalue weighted by molar-refractivity contribution is -0.302. The molecule has 0 bridgehead atoms. The third-order valence-corrected chi connectivity index (χ3v) is 7.18. The molecule has 38 heavy (non-hydrogen) atoms. The number of fused-ring (bicyclic) bond motifs is 1. The van der Waals surface area contributed by atoms with E-state index in [1.165, 1.54) is 18.3 Å². The standard InChI is InChI=1S/C25H26F3N5O5/c1-22(2,21(35)36)24(37,25(26,27)28)15-4-6-16(7-5-15)31-19-18-17(8-12-30-20(18)34)33(32-19)23(10-11-29)9-3-13-38-14-23/h4-8,12,37H,3,9-10,13-14H2,1-2H3,(H,30,34)(H,31,32)(H,35,36)/t23-,24?/m0/s1. The first-order chi connectivity index (χ1) is 17.8. The van der Waals surface area contributed by atoms with Crippen molar-refractivity contribution in [2.75, 3.05) is 18.5 Å². The number of aromatic nitrogens is 3. The number of pyridine rings is 1. The molecule has 1 aromatic carbocycles. The van der Waals surface area contributed by atoms with Crippen LogP contribution >= 0.6 is 0 Å². The average molecular weight is 534 g/mol. The van der Waals surface area contributed by atoms with Crippen LogP contribution in [0.15, 0.2) is 41.3 Å². The van der Waals surface area contributed by atoms with Crippen LogP contribution in [0.25, 0.3) is 10.9 Å². The van der Waals surface area contributed by atoms with Gasteiger partial charge in [-0.15, -0.1) is 0 Å². The fourth-order valence-corrected chi connectivity index (χ4v) is 4.86. The summed E-state index contributed by atoms with van der Waals surface area (Å²) >= 11 is 0. The normalized spacial score (nSPS) is 20.0. The Bertz CT molecular complexity index is 1450. The van der Waals surface area contributed by atoms with Crippen molar-refractivity contribution in [3.8, 4) is 6.07 Å². The number of carboxylic acid groups (broad SMARTS) is 1. The molecular formula is C25H26F3N5O5. The van der Waals surface area contributed by atoms with Crippen LogP contribution in [0.2, 0.25) is 0 Å². The lowest BCUT2D eigenvalue weighted by Gasteiger charge is -2.41. The number of nitriles is 1. The zero-order valence-corrected chi connectivity index (χ0v) is 20.6. The van der Waals surface area contributed by atoms with E-state index in [0.29, 0.717) is 25.0 Å². The van der Waals surface area contributed by atoms with Gasteiger partial charge in [0.05, 0.1) is 30.2 Å². The predicted molar refractivity (Wildman–Crippen MR) is 130 cm³/mol. The van der Waals surface area contributed by atoms with Gasteiger partial charge in [-0.25, -0.2) is 0 Å². The number of hydrogen-bond donors (Lipinski definition) is 4. The number of carbonyl (C=O) groups is 1. The van der Waals surface area contributed by atoms with Crippen LogP contribution in [-0.4, -0.2) is 50.3 Å². The fraction of sp³-hybridized carbons (Fsp3) is 0.440. The monoisotopic (exact) mass is 533 g/mol. The summed E-state index contributed by atoms with van der Waals surface area (Å²) in [7, 11) is 0. The topological polar surface area (TPSA) is 153 Å². The summed E-state index contributed by atoms with van der Waals surface area (Å²) in [5.74, 6) is -1.72. The Morgan fingerprint density at radius 2 is 1.97 bits per heavy atom. The number of carboxylic acids is 1. The van der Waals surface area contributed by atoms with Crippen molar-refractivity contribution in [1.29, 1.82) is 5.26 Å². The first kappa shape index (κ1) is 27.2. The first-order valence-electron chi connectivity index (χ1n) is 11.7. The van der Waals surface area contributed by atoms with Gasteiger partial charge < -0.3 is 25.3 Å². The van der Waals surface area contributed by atoms with Crippen LogP contribution in [0, 0.1) is 16.7 Å². The Morgan fingerprint density at radius 3 is 2.53 bits per heavy atom. The number of aliphatic hydroxyl groups is 1. The molecule has 3 aromatic rings. The lowest BCUT2D eigenvalue weighted by Crippen LogP contribution is -2.56. The Labute approximate surface area is 214 Å². The van der Waals surface area contributed by atoms with Gasteiger partial charge in [-0.2, -0.15) is 23.5 Å². The largest absolute Gasteiger partial charge is 0.481 e. The van der Waals surface area contributed by atoms with Crippen molar-refractivity contribution in [3.05, 3.63) is 52.4 Å². The van der Waals surface area contributed by atoms with Crippen LogP contribution in [0.3, 0.4) is 0 Å². The highest BCUT2D eigenvalue weighted by molar-refractivity contribution is 5.91. The van der Waals surface area contributed by atoms with E-state index >= 15 is 0 Å². The summed E-state index contributed by atoms with van der Waals surface area (Å²) in [4.78, 5) is 26.9. The highest BCUT2D eigenvalue weighted by Crippen LogP contribution is 2.51. The second-order valence-corrected chi connectivity index (χ2v) is 9.88. The molecule has 2 aromatic heterocycles. The van der Waals surface area contributed by atoms with E-state index in [1.54, 1.807) is 10.7 Å². The summed E-state index contributed by atoms with van der Waals surface area (Å²) in [6.07, 6.45) is -2.48. The van der Waals surface area contributed by atoms with Crippen molar-refractivity contribution in [1.82, 2.24) is 14.8 Å². The molecule has 1 fully saturated rings. The van der Waals surface area contributed by atoms with Gasteiger partial charge in [0, 0.05) is 18.5 Å². The molecule has 1 saturated heterocycles. The summed E-state index contributed by atoms with van der Waals surface area (Å²) in [5, 5.41) is 37.3. The SMILES string of the molecule is CC(C)(C(=O)O)C(O)(c1ccc(Nc2nn([C@]3(CC#N)CCCOC3)c3cc[nH]c(=O)c23)cc1)C(F)(F)F. The average Bonchev–Trinajstić information content (AvgIpc) is 3.24. The number of alkyl halides is 3. The molecule has 0 saturated carbocycles. The number of H-pyrrole nitrogens is 1. The molecule has 0 aliphatic carbocycles. The quantitative estimate of drug-likeness (QED) is 0.358. The number of nitrogens with zero attached hydrogens (tertiary/aromatic N) is 3. The molecular weight excluding hydrogens is 507 g/mol. The summed E-state index contributed by atoms with van der Waals surface area (Å²) in [6.45, 7) is 2.35. The van der Waals surface area contributed by atoms with Crippen LogP contribution in [0.1, 0.15) is 38.7 Å². The van der Waals surface area contributed by atoms with Crippen LogP contribution in [-0.2, 0) is 20.7 Å². The number of anilines is 2. The minimum atomic E-state index is -5.29. The number of nitrogens with one attached hydrogen (secondary N) is 2. The van der Waals surface area contributed by atoms with Crippen molar-refractivity contribution in [3.63, 3.8) is 0 Å². The number of benzene rings is 1. The van der Waals surface area contributed by atoms with E-state index in [9.17, 15) is 38.2 Å². The lowest BCUT2D eigenvalue weighted by atomic mass is 9.70. The number of halogens is 3. The number of rotatable bonds is 7. The molecule has 10 nitrogen and oxygen atoms in total. The minimum absolute atomic E-state index is 0.0834. The molecule has 0 radical (unpaired) electrons. The second-order valence-electron chi connectivity index (χ2n) is 9.88. The summed E-state index contributed by atoms with van der Waals surface area (Å²) in [5.41, 5.74) is -7.54. The molecule has 3 heterocycles. The van der Waals surface area contributed by atoms with E-state index in [0.717, 1.165) is 26.0 Å². The Balaban J connectivity index is 1.77. The maximum atomic E-state index is 14.0. The van der Waals surface area contributed by atoms with Gasteiger partial charge in [0.25, 0.3) is 5.56 Å². The first-order valence-corrected chi connectivity index (χ1v) is 11.7. The molecule has 2 atom stereocenters. The number of ether oxygens (including phenoxy) is 1. The fourth-order valence-electron chi connectivity index (χ4n) is 4.86. The number of aromatic amines is 1. The van der Waals surface area contributed by atoms with Gasteiger partial charge in [-0.05, 0) is 50.5 Å². The maximum Gasteiger partial charge on any atom is 0.422 e. The third kappa shape index (κ3) is 4.19. The molecule has 1 aliphatic heterocycles. The van der Waals surface area contributed by atoms with E-state index in [-0.39, 0.29) is 29.9 Å². The number of aliphatic carboxylic acids is 1. The van der Waals surface area contributed by atoms with Gasteiger partial charge in [-0.3, -0.25) is 14.3 Å². The van der Waals surface area contributed by atoms with E-state index in [1.807, 2.05) is 0 Å². The zero-order chi connectivity index (χ0) is 27.9. The van der Waals surface area contributed by atoms with Crippen molar-refractivity contribution in [2.45, 2.75) is 50.4 Å². The van der Waals surface area contributed by atoms with E-state index < -0.39 is 39.8 Å². The van der Waals surface area contributed by atoms with Gasteiger partial charge in [0.15, 0.2) is 5.82 Å². The second kappa shape index (κ2) is 9.45. The molecule has 1 unspecified atom stereocenters. The van der Waals surface area contributed by atoms with Crippen molar-refractivity contribution in [2.24, 2.45) is 5.41 Å². The van der Waals surface area contributed by atoms with Crippen LogP contribution in [0.5, 0.6) is 0 Å². The van der Waals surface area contributed by atoms with Gasteiger partial charge in [0.2, 0.25) is 5.60 Å². The zero-order valence-electron chi connectivity index (χ0n) is 20.6. The minimum Gasteiger partial charge on any atom is -0.481 e. The predicted octanol–water partition coefficient (Wildman–Crippen LogP) is 3.75. The van der Waals surface area contributed by atoms with Crippen LogP contribution < -0.4 is 10.9 Å². The highest BCUT2D eigenvalue weighted by atomic mass is 19.4. The molecule has 4 N–H and O–H groups in total. The smallest absolute Gasteiger partial charge is 0.422 e. The molecule has 0 spiro atoms. The van der Waals surface area contributed by atoms with Crippen LogP contribution in [0.4, 0.5) is 24.7 Å². The maximum absolute atomic E-state index is 14.0. The van der Waals surface area contributed by atoms with Gasteiger partial charge >= 0.3 is 12.1 Å². The van der Waals surface area contributed by atoms with Crippen molar-refractivity contribution < 1.29 is 32.9 Å². The molecule has 0 amide bonds. The summed E-state index contributed by atoms with van der Waals surface area (Å²) in [6, 6.07) is 8.19. The van der Waals surface area contributed by atoms with Crippen molar-refractivity contribution >= 4 is 28.4 Å². The van der Waals surface area contributed by atoms with E-state index in [4.69, 9.17) is 4.74 Å². The Morgan fingerprint density at radius 1 is 1.29 bits per heavy atom. The highest BCUT2D eigenvalue weighted by Gasteiger charge is 2.66. The molecule has 202 valence electrons. The number of hydrogen-bond acceptors (Lipinski definition) is 7.